The third-order valence-corrected chi connectivity index (χ3v) is 4.11. The number of likely N-dealkylation sites (N-methyl/N-ethyl adjacent to an activating group) is 1. The van der Waals surface area contributed by atoms with Gasteiger partial charge in [0.05, 0.1) is 6.04 Å². The van der Waals surface area contributed by atoms with Gasteiger partial charge in [-0.1, -0.05) is 34.1 Å². The second kappa shape index (κ2) is 7.81. The molecule has 0 unspecified atom stereocenters. The molecule has 2 N–H and O–H groups in total. The third-order valence-electron chi connectivity index (χ3n) is 2.69. The molecule has 3 nitrogen and oxygen atoms in total. The van der Waals surface area contributed by atoms with Crippen LogP contribution in [0.3, 0.4) is 0 Å². The van der Waals surface area contributed by atoms with Gasteiger partial charge in [0.2, 0.25) is 5.91 Å². The quantitative estimate of drug-likeness (QED) is 0.871. The van der Waals surface area contributed by atoms with Crippen LogP contribution in [0.2, 0.25) is 0 Å². The maximum absolute atomic E-state index is 12.0. The Hall–Kier alpha value is -0.520. The molecule has 18 heavy (non-hydrogen) atoms. The molecule has 0 radical (unpaired) electrons. The summed E-state index contributed by atoms with van der Waals surface area (Å²) >= 11 is 5.19. The van der Waals surface area contributed by atoms with Gasteiger partial charge in [-0.2, -0.15) is 11.8 Å². The molecule has 0 saturated heterocycles. The van der Waals surface area contributed by atoms with Gasteiger partial charge in [0.1, 0.15) is 0 Å². The van der Waals surface area contributed by atoms with Crippen molar-refractivity contribution in [2.24, 2.45) is 5.73 Å². The highest BCUT2D eigenvalue weighted by molar-refractivity contribution is 9.10. The second-order valence-electron chi connectivity index (χ2n) is 4.17. The minimum Gasteiger partial charge on any atom is -0.340 e. The standard InChI is InChI=1S/C13H19BrN2OS/c1-16(13(17)12(15)7-8-18-2)9-10-5-3-4-6-11(10)14/h3-6,12H,7-9,15H2,1-2H3/t12-/m1/s1. The Kier molecular flexibility index (Phi) is 6.75. The zero-order chi connectivity index (χ0) is 13.5. The lowest BCUT2D eigenvalue weighted by molar-refractivity contribution is -0.131. The minimum atomic E-state index is -0.398. The summed E-state index contributed by atoms with van der Waals surface area (Å²) in [6.45, 7) is 0.577. The van der Waals surface area contributed by atoms with Crippen molar-refractivity contribution in [3.63, 3.8) is 0 Å². The van der Waals surface area contributed by atoms with Crippen molar-refractivity contribution in [2.75, 3.05) is 19.1 Å². The molecule has 0 bridgehead atoms. The normalized spacial score (nSPS) is 12.2. The van der Waals surface area contributed by atoms with Crippen molar-refractivity contribution in [1.82, 2.24) is 4.90 Å². The molecular formula is C13H19BrN2OS. The minimum absolute atomic E-state index is 0.000182. The van der Waals surface area contributed by atoms with E-state index in [1.165, 1.54) is 0 Å². The molecule has 0 fully saturated rings. The molecule has 0 saturated carbocycles. The lowest BCUT2D eigenvalue weighted by Gasteiger charge is -2.21. The number of nitrogens with two attached hydrogens (primary N) is 1. The Morgan fingerprint density at radius 3 is 2.78 bits per heavy atom. The summed E-state index contributed by atoms with van der Waals surface area (Å²) in [5, 5.41) is 0. The number of carbonyl (C=O) groups excluding carboxylic acids is 1. The van der Waals surface area contributed by atoms with Crippen LogP contribution in [0.25, 0.3) is 0 Å². The van der Waals surface area contributed by atoms with E-state index in [1.807, 2.05) is 30.5 Å². The van der Waals surface area contributed by atoms with E-state index in [0.29, 0.717) is 6.54 Å². The first-order valence-electron chi connectivity index (χ1n) is 5.79. The molecule has 5 heteroatoms. The monoisotopic (exact) mass is 330 g/mol. The number of amides is 1. The summed E-state index contributed by atoms with van der Waals surface area (Å²) in [6, 6.07) is 7.50. The molecule has 1 aromatic rings. The van der Waals surface area contributed by atoms with Crippen LogP contribution >= 0.6 is 27.7 Å². The van der Waals surface area contributed by atoms with Crippen LogP contribution in [0.4, 0.5) is 0 Å². The van der Waals surface area contributed by atoms with Gasteiger partial charge < -0.3 is 10.6 Å². The third kappa shape index (κ3) is 4.63. The average Bonchev–Trinajstić information content (AvgIpc) is 2.37. The number of thioether (sulfide) groups is 1. The number of hydrogen-bond donors (Lipinski definition) is 1. The molecule has 1 aromatic carbocycles. The summed E-state index contributed by atoms with van der Waals surface area (Å²) in [5.74, 6) is 0.912. The van der Waals surface area contributed by atoms with Gasteiger partial charge in [0, 0.05) is 18.1 Å². The highest BCUT2D eigenvalue weighted by Gasteiger charge is 2.18. The van der Waals surface area contributed by atoms with Gasteiger partial charge in [-0.05, 0) is 30.1 Å². The Bertz CT molecular complexity index is 400. The lowest BCUT2D eigenvalue weighted by Crippen LogP contribution is -2.41. The first-order valence-corrected chi connectivity index (χ1v) is 7.98. The number of hydrogen-bond acceptors (Lipinski definition) is 3. The van der Waals surface area contributed by atoms with Crippen LogP contribution < -0.4 is 5.73 Å². The largest absolute Gasteiger partial charge is 0.340 e. The van der Waals surface area contributed by atoms with Gasteiger partial charge in [0.25, 0.3) is 0 Å². The molecule has 0 aliphatic heterocycles. The Morgan fingerprint density at radius 2 is 2.17 bits per heavy atom. The van der Waals surface area contributed by atoms with Gasteiger partial charge in [0.15, 0.2) is 0 Å². The van der Waals surface area contributed by atoms with Crippen molar-refractivity contribution >= 4 is 33.6 Å². The maximum Gasteiger partial charge on any atom is 0.239 e. The molecule has 100 valence electrons. The number of nitrogens with zero attached hydrogens (tertiary/aromatic N) is 1. The van der Waals surface area contributed by atoms with Crippen molar-refractivity contribution < 1.29 is 4.79 Å². The zero-order valence-electron chi connectivity index (χ0n) is 10.7. The van der Waals surface area contributed by atoms with Crippen LogP contribution in [0.15, 0.2) is 28.7 Å². The van der Waals surface area contributed by atoms with Gasteiger partial charge in [-0.25, -0.2) is 0 Å². The van der Waals surface area contributed by atoms with Crippen molar-refractivity contribution in [3.05, 3.63) is 34.3 Å². The molecule has 0 aliphatic rings. The predicted molar refractivity (Wildman–Crippen MR) is 81.6 cm³/mol. The number of rotatable bonds is 6. The van der Waals surface area contributed by atoms with E-state index >= 15 is 0 Å². The summed E-state index contributed by atoms with van der Waals surface area (Å²) in [4.78, 5) is 13.7. The summed E-state index contributed by atoms with van der Waals surface area (Å²) in [6.07, 6.45) is 2.74. The second-order valence-corrected chi connectivity index (χ2v) is 6.01. The van der Waals surface area contributed by atoms with E-state index in [2.05, 4.69) is 15.9 Å². The van der Waals surface area contributed by atoms with Gasteiger partial charge in [-0.3, -0.25) is 4.79 Å². The molecule has 0 aliphatic carbocycles. The van der Waals surface area contributed by atoms with Crippen molar-refractivity contribution in [1.29, 1.82) is 0 Å². The average molecular weight is 331 g/mol. The Balaban J connectivity index is 2.57. The fraction of sp³-hybridized carbons (Fsp3) is 0.462. The topological polar surface area (TPSA) is 46.3 Å². The first-order chi connectivity index (χ1) is 8.56. The molecule has 1 amide bonds. The van der Waals surface area contributed by atoms with E-state index < -0.39 is 6.04 Å². The van der Waals surface area contributed by atoms with Crippen LogP contribution in [0.1, 0.15) is 12.0 Å². The Labute approximate surface area is 121 Å². The summed E-state index contributed by atoms with van der Waals surface area (Å²) in [5.41, 5.74) is 6.97. The van der Waals surface area contributed by atoms with Crippen LogP contribution in [-0.2, 0) is 11.3 Å². The van der Waals surface area contributed by atoms with Crippen molar-refractivity contribution in [2.45, 2.75) is 19.0 Å². The first kappa shape index (κ1) is 15.5. The van der Waals surface area contributed by atoms with Crippen LogP contribution in [0.5, 0.6) is 0 Å². The fourth-order valence-electron chi connectivity index (χ4n) is 1.61. The number of halogens is 1. The van der Waals surface area contributed by atoms with E-state index in [0.717, 1.165) is 22.2 Å². The zero-order valence-corrected chi connectivity index (χ0v) is 13.1. The highest BCUT2D eigenvalue weighted by Crippen LogP contribution is 2.17. The van der Waals surface area contributed by atoms with Crippen LogP contribution in [-0.4, -0.2) is 35.9 Å². The smallest absolute Gasteiger partial charge is 0.239 e. The van der Waals surface area contributed by atoms with Crippen LogP contribution in [0, 0.1) is 0 Å². The highest BCUT2D eigenvalue weighted by atomic mass is 79.9. The Morgan fingerprint density at radius 1 is 1.50 bits per heavy atom. The molecule has 0 heterocycles. The van der Waals surface area contributed by atoms with E-state index in [4.69, 9.17) is 5.73 Å². The fourth-order valence-corrected chi connectivity index (χ4v) is 2.51. The molecule has 0 spiro atoms. The summed E-state index contributed by atoms with van der Waals surface area (Å²) < 4.78 is 1.02. The van der Waals surface area contributed by atoms with Crippen molar-refractivity contribution in [3.8, 4) is 0 Å². The number of carbonyl (C=O) groups is 1. The molecule has 0 aromatic heterocycles. The lowest BCUT2D eigenvalue weighted by atomic mass is 10.2. The van der Waals surface area contributed by atoms with E-state index in [-0.39, 0.29) is 5.91 Å². The molecular weight excluding hydrogens is 312 g/mol. The SMILES string of the molecule is CSCC[C@@H](N)C(=O)N(C)Cc1ccccc1Br. The molecule has 1 rings (SSSR count). The number of benzene rings is 1. The van der Waals surface area contributed by atoms with E-state index in [9.17, 15) is 4.79 Å². The maximum atomic E-state index is 12.0. The molecule has 1 atom stereocenters. The van der Waals surface area contributed by atoms with E-state index in [1.54, 1.807) is 23.7 Å². The summed E-state index contributed by atoms with van der Waals surface area (Å²) in [7, 11) is 1.79. The predicted octanol–water partition coefficient (Wildman–Crippen LogP) is 2.49. The van der Waals surface area contributed by atoms with Gasteiger partial charge in [-0.15, -0.1) is 0 Å². The van der Waals surface area contributed by atoms with Gasteiger partial charge >= 0.3 is 0 Å².